The maximum Gasteiger partial charge on any atom is 0.178 e. The van der Waals surface area contributed by atoms with E-state index in [2.05, 4.69) is 204 Å². The fourth-order valence-corrected chi connectivity index (χ4v) is 8.89. The molecule has 1 aliphatic carbocycles. The first-order valence-corrected chi connectivity index (χ1v) is 20.8. The highest BCUT2D eigenvalue weighted by molar-refractivity contribution is 7.99. The molecular formula is C54H40N2O2S. The van der Waals surface area contributed by atoms with Gasteiger partial charge in [0.05, 0.1) is 6.04 Å². The lowest BCUT2D eigenvalue weighted by Gasteiger charge is -2.32. The molecule has 0 saturated carbocycles. The van der Waals surface area contributed by atoms with Crippen LogP contribution in [0.3, 0.4) is 0 Å². The van der Waals surface area contributed by atoms with Gasteiger partial charge in [-0.2, -0.15) is 0 Å². The van der Waals surface area contributed by atoms with E-state index in [9.17, 15) is 0 Å². The van der Waals surface area contributed by atoms with Crippen LogP contribution in [0.1, 0.15) is 6.42 Å². The third-order valence-electron chi connectivity index (χ3n) is 10.7. The van der Waals surface area contributed by atoms with Gasteiger partial charge in [0, 0.05) is 49.4 Å². The average Bonchev–Trinajstić information content (AvgIpc) is 3.31. The van der Waals surface area contributed by atoms with Crippen molar-refractivity contribution >= 4 is 40.2 Å². The lowest BCUT2D eigenvalue weighted by molar-refractivity contribution is 0.361. The standard InChI is InChI=1S/C54H40N2O2S/c1-5-17-40(18-6-1)55(41-19-7-2-8-20-41)44-31-29-39(30-32-44)47-37-38-51-54(58-50-27-15-14-26-49(50)57-51)53(47)48-25-13-16-28-52(48)59-46-35-33-45(34-36-46)56(42-21-9-3-10-22-42)43-23-11-4-12-24-43/h1-23,25-38,43H,24H2. The number of para-hydroxylation sites is 5. The van der Waals surface area contributed by atoms with Gasteiger partial charge >= 0.3 is 0 Å². The van der Waals surface area contributed by atoms with Crippen LogP contribution in [0.5, 0.6) is 23.0 Å². The van der Waals surface area contributed by atoms with E-state index in [0.29, 0.717) is 23.0 Å². The number of benzene rings is 8. The molecule has 0 radical (unpaired) electrons. The Hall–Kier alpha value is -7.21. The van der Waals surface area contributed by atoms with Gasteiger partial charge in [-0.05, 0) is 121 Å². The molecule has 0 aromatic heterocycles. The molecule has 5 heteroatoms. The molecule has 59 heavy (non-hydrogen) atoms. The second-order valence-corrected chi connectivity index (χ2v) is 15.5. The molecular weight excluding hydrogens is 741 g/mol. The minimum atomic E-state index is 0.241. The van der Waals surface area contributed by atoms with Crippen LogP contribution in [0.2, 0.25) is 0 Å². The summed E-state index contributed by atoms with van der Waals surface area (Å²) in [6.45, 7) is 0. The van der Waals surface area contributed by atoms with Crippen LogP contribution < -0.4 is 19.3 Å². The summed E-state index contributed by atoms with van der Waals surface area (Å²) in [7, 11) is 0. The molecule has 0 amide bonds. The monoisotopic (exact) mass is 780 g/mol. The summed E-state index contributed by atoms with van der Waals surface area (Å²) < 4.78 is 13.3. The topological polar surface area (TPSA) is 24.9 Å². The predicted octanol–water partition coefficient (Wildman–Crippen LogP) is 15.6. The summed E-state index contributed by atoms with van der Waals surface area (Å²) in [5.74, 6) is 2.80. The molecule has 1 unspecified atom stereocenters. The van der Waals surface area contributed by atoms with Crippen LogP contribution in [0.25, 0.3) is 22.3 Å². The highest BCUT2D eigenvalue weighted by Gasteiger charge is 2.27. The highest BCUT2D eigenvalue weighted by Crippen LogP contribution is 2.54. The Morgan fingerprint density at radius 1 is 0.441 bits per heavy atom. The zero-order valence-electron chi connectivity index (χ0n) is 32.3. The smallest absolute Gasteiger partial charge is 0.178 e. The maximum absolute atomic E-state index is 6.79. The third kappa shape index (κ3) is 7.40. The van der Waals surface area contributed by atoms with Crippen molar-refractivity contribution in [2.75, 3.05) is 9.80 Å². The van der Waals surface area contributed by atoms with E-state index in [-0.39, 0.29) is 6.04 Å². The van der Waals surface area contributed by atoms with Crippen LogP contribution in [0, 0.1) is 0 Å². The summed E-state index contributed by atoms with van der Waals surface area (Å²) in [5.41, 5.74) is 9.78. The van der Waals surface area contributed by atoms with Crippen molar-refractivity contribution < 1.29 is 9.47 Å². The van der Waals surface area contributed by atoms with Crippen LogP contribution in [0.4, 0.5) is 28.4 Å². The van der Waals surface area contributed by atoms with Gasteiger partial charge < -0.3 is 19.3 Å². The minimum absolute atomic E-state index is 0.241. The largest absolute Gasteiger partial charge is 0.449 e. The van der Waals surface area contributed by atoms with Gasteiger partial charge in [0.1, 0.15) is 0 Å². The van der Waals surface area contributed by atoms with Gasteiger partial charge in [0.15, 0.2) is 23.0 Å². The first-order valence-electron chi connectivity index (χ1n) is 19.9. The summed E-state index contributed by atoms with van der Waals surface area (Å²) in [6, 6.07) is 70.3. The van der Waals surface area contributed by atoms with Crippen LogP contribution in [-0.4, -0.2) is 6.04 Å². The van der Waals surface area contributed by atoms with E-state index in [4.69, 9.17) is 9.47 Å². The van der Waals surface area contributed by atoms with Crippen molar-refractivity contribution in [1.29, 1.82) is 0 Å². The lowest BCUT2D eigenvalue weighted by Crippen LogP contribution is -2.29. The molecule has 0 saturated heterocycles. The molecule has 1 aliphatic heterocycles. The second kappa shape index (κ2) is 16.3. The number of allylic oxidation sites excluding steroid dienone is 2. The predicted molar refractivity (Wildman–Crippen MR) is 244 cm³/mol. The summed E-state index contributed by atoms with van der Waals surface area (Å²) >= 11 is 1.76. The van der Waals surface area contributed by atoms with E-state index in [1.165, 1.54) is 5.69 Å². The highest BCUT2D eigenvalue weighted by atomic mass is 32.2. The number of rotatable bonds is 10. The van der Waals surface area contributed by atoms with E-state index < -0.39 is 0 Å². The van der Waals surface area contributed by atoms with Crippen molar-refractivity contribution in [2.24, 2.45) is 0 Å². The number of fused-ring (bicyclic) bond motifs is 2. The third-order valence-corrected chi connectivity index (χ3v) is 11.8. The van der Waals surface area contributed by atoms with Crippen LogP contribution in [0.15, 0.2) is 234 Å². The SMILES string of the molecule is C1=CCC(N(c2ccccc2)c2ccc(Sc3ccccc3-c3c(-c4ccc(N(c5ccccc5)c5ccccc5)cc4)ccc4c3Oc3ccccc3O4)cc2)C=C1. The number of hydrogen-bond acceptors (Lipinski definition) is 5. The quantitative estimate of drug-likeness (QED) is 0.138. The van der Waals surface area contributed by atoms with E-state index >= 15 is 0 Å². The number of anilines is 5. The van der Waals surface area contributed by atoms with Gasteiger partial charge in [0.2, 0.25) is 0 Å². The zero-order valence-corrected chi connectivity index (χ0v) is 33.1. The van der Waals surface area contributed by atoms with Gasteiger partial charge in [-0.15, -0.1) is 0 Å². The van der Waals surface area contributed by atoms with Crippen molar-refractivity contribution in [1.82, 2.24) is 0 Å². The Morgan fingerprint density at radius 2 is 1.00 bits per heavy atom. The Morgan fingerprint density at radius 3 is 1.66 bits per heavy atom. The minimum Gasteiger partial charge on any atom is -0.449 e. The van der Waals surface area contributed by atoms with Crippen LogP contribution >= 0.6 is 11.8 Å². The summed E-state index contributed by atoms with van der Waals surface area (Å²) in [4.78, 5) is 6.97. The van der Waals surface area contributed by atoms with E-state index in [1.807, 2.05) is 30.3 Å². The van der Waals surface area contributed by atoms with Crippen molar-refractivity contribution in [3.05, 3.63) is 224 Å². The lowest BCUT2D eigenvalue weighted by atomic mass is 9.92. The van der Waals surface area contributed by atoms with E-state index in [1.54, 1.807) is 11.8 Å². The van der Waals surface area contributed by atoms with Gasteiger partial charge in [-0.25, -0.2) is 0 Å². The first-order chi connectivity index (χ1) is 29.3. The Kier molecular flexibility index (Phi) is 10.0. The first kappa shape index (κ1) is 36.2. The van der Waals surface area contributed by atoms with Gasteiger partial charge in [0.25, 0.3) is 0 Å². The van der Waals surface area contributed by atoms with Gasteiger partial charge in [-0.1, -0.05) is 133 Å². The van der Waals surface area contributed by atoms with Crippen LogP contribution in [-0.2, 0) is 0 Å². The molecule has 8 aromatic carbocycles. The molecule has 8 aromatic rings. The fraction of sp³-hybridized carbons (Fsp3) is 0.0370. The molecule has 2 aliphatic rings. The molecule has 0 spiro atoms. The molecule has 0 bridgehead atoms. The Labute approximate surface area is 349 Å². The molecule has 284 valence electrons. The Balaban J connectivity index is 1.04. The maximum atomic E-state index is 6.79. The van der Waals surface area contributed by atoms with Crippen molar-refractivity contribution in [3.63, 3.8) is 0 Å². The van der Waals surface area contributed by atoms with Gasteiger partial charge in [-0.3, -0.25) is 0 Å². The van der Waals surface area contributed by atoms with Crippen molar-refractivity contribution in [2.45, 2.75) is 22.3 Å². The second-order valence-electron chi connectivity index (χ2n) is 14.4. The molecule has 10 rings (SSSR count). The van der Waals surface area contributed by atoms with E-state index in [0.717, 1.165) is 61.2 Å². The molecule has 1 heterocycles. The number of nitrogens with zero attached hydrogens (tertiary/aromatic N) is 2. The normalized spacial score (nSPS) is 13.7. The number of hydrogen-bond donors (Lipinski definition) is 0. The average molecular weight is 781 g/mol. The fourth-order valence-electron chi connectivity index (χ4n) is 7.94. The molecule has 0 fully saturated rings. The summed E-state index contributed by atoms with van der Waals surface area (Å²) in [5, 5.41) is 0. The summed E-state index contributed by atoms with van der Waals surface area (Å²) in [6.07, 6.45) is 9.75. The molecule has 0 N–H and O–H groups in total. The Bertz CT molecular complexity index is 2730. The molecule has 4 nitrogen and oxygen atoms in total. The number of ether oxygens (including phenoxy) is 2. The zero-order chi connectivity index (χ0) is 39.4. The van der Waals surface area contributed by atoms with Crippen molar-refractivity contribution in [3.8, 4) is 45.3 Å². The molecule has 1 atom stereocenters.